The third-order valence-electron chi connectivity index (χ3n) is 3.40. The van der Waals surface area contributed by atoms with E-state index in [0.29, 0.717) is 0 Å². The second-order valence-corrected chi connectivity index (χ2v) is 5.96. The highest BCUT2D eigenvalue weighted by molar-refractivity contribution is 7.25. The Bertz CT molecular complexity index is 910. The Morgan fingerprint density at radius 1 is 0.950 bits per heavy atom. The molecule has 3 heteroatoms. The maximum atomic E-state index is 4.77. The summed E-state index contributed by atoms with van der Waals surface area (Å²) in [6, 6.07) is 16.6. The van der Waals surface area contributed by atoms with Crippen molar-refractivity contribution in [3.05, 3.63) is 60.3 Å². The van der Waals surface area contributed by atoms with E-state index in [1.807, 2.05) is 36.5 Å². The van der Waals surface area contributed by atoms with E-state index in [0.717, 1.165) is 21.6 Å². The molecule has 0 atom stereocenters. The normalized spacial score (nSPS) is 11.2. The van der Waals surface area contributed by atoms with Gasteiger partial charge < -0.3 is 0 Å². The number of aryl methyl sites for hydroxylation is 1. The lowest BCUT2D eigenvalue weighted by Gasteiger charge is -1.99. The van der Waals surface area contributed by atoms with Gasteiger partial charge in [0.15, 0.2) is 5.82 Å². The fourth-order valence-corrected chi connectivity index (χ4v) is 3.40. The molecule has 2 aromatic carbocycles. The van der Waals surface area contributed by atoms with Crippen molar-refractivity contribution in [2.24, 2.45) is 0 Å². The number of aromatic nitrogens is 2. The highest BCUT2D eigenvalue weighted by atomic mass is 32.1. The van der Waals surface area contributed by atoms with Gasteiger partial charge in [-0.05, 0) is 19.1 Å². The molecule has 2 heterocycles. The highest BCUT2D eigenvalue weighted by Crippen LogP contribution is 2.33. The molecule has 0 N–H and O–H groups in total. The van der Waals surface area contributed by atoms with E-state index in [1.165, 1.54) is 15.6 Å². The molecule has 0 aliphatic heterocycles. The molecule has 0 aliphatic rings. The van der Waals surface area contributed by atoms with Gasteiger partial charge in [-0.15, -0.1) is 11.3 Å². The molecule has 96 valence electrons. The minimum atomic E-state index is 0.791. The maximum Gasteiger partial charge on any atom is 0.159 e. The van der Waals surface area contributed by atoms with Crippen LogP contribution in [0.15, 0.2) is 54.7 Å². The quantitative estimate of drug-likeness (QED) is 0.498. The summed E-state index contributed by atoms with van der Waals surface area (Å²) in [6.07, 6.45) is 1.94. The Morgan fingerprint density at radius 2 is 1.80 bits per heavy atom. The number of benzene rings is 2. The zero-order valence-electron chi connectivity index (χ0n) is 11.0. The van der Waals surface area contributed by atoms with Gasteiger partial charge in [-0.1, -0.05) is 42.0 Å². The van der Waals surface area contributed by atoms with Crippen molar-refractivity contribution < 1.29 is 0 Å². The minimum Gasteiger partial charge on any atom is -0.235 e. The van der Waals surface area contributed by atoms with Crippen molar-refractivity contribution in [1.29, 1.82) is 0 Å². The molecule has 4 aromatic rings. The third kappa shape index (κ3) is 1.79. The first kappa shape index (κ1) is 11.6. The molecule has 2 aromatic heterocycles. The van der Waals surface area contributed by atoms with Crippen LogP contribution in [0.2, 0.25) is 0 Å². The van der Waals surface area contributed by atoms with Crippen LogP contribution in [0.1, 0.15) is 5.56 Å². The van der Waals surface area contributed by atoms with Crippen LogP contribution >= 0.6 is 11.3 Å². The van der Waals surface area contributed by atoms with Crippen molar-refractivity contribution in [1.82, 2.24) is 9.97 Å². The molecule has 0 unspecified atom stereocenters. The lowest BCUT2D eigenvalue weighted by molar-refractivity contribution is 1.24. The Hall–Kier alpha value is -2.26. The summed E-state index contributed by atoms with van der Waals surface area (Å²) in [7, 11) is 0. The molecule has 2 nitrogen and oxygen atoms in total. The van der Waals surface area contributed by atoms with Gasteiger partial charge in [0, 0.05) is 21.8 Å². The average molecular weight is 276 g/mol. The number of nitrogens with zero attached hydrogens (tertiary/aromatic N) is 2. The van der Waals surface area contributed by atoms with Crippen LogP contribution in [-0.2, 0) is 0 Å². The smallest absolute Gasteiger partial charge is 0.159 e. The Kier molecular flexibility index (Phi) is 2.54. The van der Waals surface area contributed by atoms with Crippen LogP contribution in [0.4, 0.5) is 0 Å². The molecule has 0 spiro atoms. The van der Waals surface area contributed by atoms with Gasteiger partial charge >= 0.3 is 0 Å². The van der Waals surface area contributed by atoms with Crippen molar-refractivity contribution in [3.8, 4) is 11.4 Å². The van der Waals surface area contributed by atoms with Crippen LogP contribution < -0.4 is 0 Å². The van der Waals surface area contributed by atoms with Crippen LogP contribution in [0.25, 0.3) is 31.7 Å². The average Bonchev–Trinajstić information content (AvgIpc) is 2.85. The van der Waals surface area contributed by atoms with Crippen molar-refractivity contribution in [2.75, 3.05) is 0 Å². The summed E-state index contributed by atoms with van der Waals surface area (Å²) in [6.45, 7) is 2.11. The van der Waals surface area contributed by atoms with Crippen LogP contribution in [0.5, 0.6) is 0 Å². The van der Waals surface area contributed by atoms with Gasteiger partial charge in [-0.25, -0.2) is 9.97 Å². The van der Waals surface area contributed by atoms with Gasteiger partial charge in [-0.3, -0.25) is 0 Å². The highest BCUT2D eigenvalue weighted by Gasteiger charge is 2.09. The maximum absolute atomic E-state index is 4.77. The molecule has 0 amide bonds. The monoisotopic (exact) mass is 276 g/mol. The minimum absolute atomic E-state index is 0.791. The molecule has 0 aliphatic carbocycles. The second kappa shape index (κ2) is 4.39. The predicted molar refractivity (Wildman–Crippen MR) is 85.1 cm³/mol. The SMILES string of the molecule is Cc1ccc2sc3cnc(-c4ccccc4)nc3c2c1. The largest absolute Gasteiger partial charge is 0.235 e. The standard InChI is InChI=1S/C17H12N2S/c1-11-7-8-14-13(9-11)16-15(20-14)10-18-17(19-16)12-5-3-2-4-6-12/h2-10H,1H3. The number of fused-ring (bicyclic) bond motifs is 3. The van der Waals surface area contributed by atoms with Gasteiger partial charge in [0.2, 0.25) is 0 Å². The Balaban J connectivity index is 2.03. The Morgan fingerprint density at radius 3 is 2.65 bits per heavy atom. The molecule has 0 radical (unpaired) electrons. The number of thiophene rings is 1. The topological polar surface area (TPSA) is 25.8 Å². The first-order valence-corrected chi connectivity index (χ1v) is 7.34. The van der Waals surface area contributed by atoms with Crippen LogP contribution in [0, 0.1) is 6.92 Å². The molecular weight excluding hydrogens is 264 g/mol. The van der Waals surface area contributed by atoms with E-state index >= 15 is 0 Å². The number of hydrogen-bond donors (Lipinski definition) is 0. The third-order valence-corrected chi connectivity index (χ3v) is 4.49. The summed E-state index contributed by atoms with van der Waals surface area (Å²) in [5.74, 6) is 0.791. The predicted octanol–water partition coefficient (Wildman–Crippen LogP) is 4.82. The lowest BCUT2D eigenvalue weighted by atomic mass is 10.1. The summed E-state index contributed by atoms with van der Waals surface area (Å²) < 4.78 is 2.41. The van der Waals surface area contributed by atoms with Crippen molar-refractivity contribution in [3.63, 3.8) is 0 Å². The summed E-state index contributed by atoms with van der Waals surface area (Å²) in [4.78, 5) is 9.27. The van der Waals surface area contributed by atoms with E-state index < -0.39 is 0 Å². The molecule has 0 fully saturated rings. The molecule has 4 rings (SSSR count). The summed E-state index contributed by atoms with van der Waals surface area (Å²) in [5, 5.41) is 1.23. The van der Waals surface area contributed by atoms with Gasteiger partial charge in [0.25, 0.3) is 0 Å². The van der Waals surface area contributed by atoms with Gasteiger partial charge in [0.1, 0.15) is 0 Å². The van der Waals surface area contributed by atoms with E-state index in [1.54, 1.807) is 11.3 Å². The van der Waals surface area contributed by atoms with E-state index in [9.17, 15) is 0 Å². The second-order valence-electron chi connectivity index (χ2n) is 4.87. The van der Waals surface area contributed by atoms with E-state index in [4.69, 9.17) is 4.98 Å². The molecule has 0 saturated heterocycles. The fourth-order valence-electron chi connectivity index (χ4n) is 2.40. The zero-order chi connectivity index (χ0) is 13.5. The molecule has 20 heavy (non-hydrogen) atoms. The molecule has 0 saturated carbocycles. The van der Waals surface area contributed by atoms with Gasteiger partial charge in [0.05, 0.1) is 10.2 Å². The van der Waals surface area contributed by atoms with E-state index in [-0.39, 0.29) is 0 Å². The first-order valence-electron chi connectivity index (χ1n) is 6.52. The number of hydrogen-bond acceptors (Lipinski definition) is 3. The molecular formula is C17H12N2S. The Labute approximate surface area is 120 Å². The van der Waals surface area contributed by atoms with Crippen molar-refractivity contribution >= 4 is 31.6 Å². The zero-order valence-corrected chi connectivity index (χ0v) is 11.8. The molecule has 0 bridgehead atoms. The van der Waals surface area contributed by atoms with E-state index in [2.05, 4.69) is 30.1 Å². The number of rotatable bonds is 1. The first-order chi connectivity index (χ1) is 9.81. The fraction of sp³-hybridized carbons (Fsp3) is 0.0588. The summed E-state index contributed by atoms with van der Waals surface area (Å²) >= 11 is 1.75. The van der Waals surface area contributed by atoms with Crippen molar-refractivity contribution in [2.45, 2.75) is 6.92 Å². The van der Waals surface area contributed by atoms with Crippen LogP contribution in [-0.4, -0.2) is 9.97 Å². The summed E-state index contributed by atoms with van der Waals surface area (Å²) in [5.41, 5.74) is 3.38. The lowest BCUT2D eigenvalue weighted by Crippen LogP contribution is -1.87. The van der Waals surface area contributed by atoms with Crippen LogP contribution in [0.3, 0.4) is 0 Å². The van der Waals surface area contributed by atoms with Gasteiger partial charge in [-0.2, -0.15) is 0 Å².